The third-order valence-electron chi connectivity index (χ3n) is 3.38. The highest BCUT2D eigenvalue weighted by Crippen LogP contribution is 2.18. The average Bonchev–Trinajstić information content (AvgIpc) is 2.45. The molecule has 1 aromatic rings. The summed E-state index contributed by atoms with van der Waals surface area (Å²) in [5.74, 6) is 0.971. The molecule has 0 heterocycles. The summed E-state index contributed by atoms with van der Waals surface area (Å²) in [6, 6.07) is 8.64. The quantitative estimate of drug-likeness (QED) is 0.708. The molecule has 0 spiro atoms. The Morgan fingerprint density at radius 3 is 2.65 bits per heavy atom. The fraction of sp³-hybridized carbons (Fsp3) is 0.625. The van der Waals surface area contributed by atoms with Gasteiger partial charge in [-0.3, -0.25) is 0 Å². The van der Waals surface area contributed by atoms with Crippen LogP contribution in [0, 0.1) is 0 Å². The van der Waals surface area contributed by atoms with Crippen molar-refractivity contribution in [1.82, 2.24) is 10.2 Å². The topological polar surface area (TPSA) is 33.7 Å². The second kappa shape index (κ2) is 9.75. The van der Waals surface area contributed by atoms with Crippen molar-refractivity contribution >= 4 is 0 Å². The summed E-state index contributed by atoms with van der Waals surface area (Å²) in [5, 5.41) is 3.55. The summed E-state index contributed by atoms with van der Waals surface area (Å²) in [6.07, 6.45) is 0.978. The van der Waals surface area contributed by atoms with Crippen molar-refractivity contribution in [2.75, 3.05) is 47.5 Å². The second-order valence-electron chi connectivity index (χ2n) is 5.17. The van der Waals surface area contributed by atoms with Crippen LogP contribution in [0.3, 0.4) is 0 Å². The highest BCUT2D eigenvalue weighted by atomic mass is 16.5. The molecule has 4 nitrogen and oxygen atoms in total. The van der Waals surface area contributed by atoms with E-state index in [-0.39, 0.29) is 0 Å². The molecule has 1 N–H and O–H groups in total. The van der Waals surface area contributed by atoms with E-state index in [2.05, 4.69) is 36.3 Å². The summed E-state index contributed by atoms with van der Waals surface area (Å²) in [6.45, 7) is 5.98. The minimum absolute atomic E-state index is 0.433. The zero-order valence-corrected chi connectivity index (χ0v) is 13.2. The van der Waals surface area contributed by atoms with E-state index in [1.54, 1.807) is 14.2 Å². The number of ether oxygens (including phenoxy) is 2. The molecule has 1 unspecified atom stereocenters. The molecular formula is C16H28N2O2. The Kier molecular flexibility index (Phi) is 8.26. The predicted octanol–water partition coefficient (Wildman–Crippen LogP) is 1.79. The Labute approximate surface area is 123 Å². The van der Waals surface area contributed by atoms with E-state index in [0.29, 0.717) is 6.04 Å². The van der Waals surface area contributed by atoms with Crippen LogP contribution >= 0.6 is 0 Å². The molecule has 1 atom stereocenters. The minimum atomic E-state index is 0.433. The van der Waals surface area contributed by atoms with Gasteiger partial charge in [0.2, 0.25) is 0 Å². The molecular weight excluding hydrogens is 252 g/mol. The number of nitrogens with one attached hydrogen (secondary N) is 1. The van der Waals surface area contributed by atoms with Crippen LogP contribution < -0.4 is 10.1 Å². The number of hydrogen-bond acceptors (Lipinski definition) is 4. The van der Waals surface area contributed by atoms with E-state index in [0.717, 1.165) is 38.4 Å². The molecule has 1 aromatic carbocycles. The van der Waals surface area contributed by atoms with Gasteiger partial charge in [-0.1, -0.05) is 18.2 Å². The lowest BCUT2D eigenvalue weighted by Crippen LogP contribution is -2.36. The smallest absolute Gasteiger partial charge is 0.122 e. The monoisotopic (exact) mass is 280 g/mol. The maximum Gasteiger partial charge on any atom is 0.122 e. The first-order chi connectivity index (χ1) is 9.67. The van der Waals surface area contributed by atoms with E-state index in [1.807, 2.05) is 12.1 Å². The van der Waals surface area contributed by atoms with Crippen LogP contribution in [0.5, 0.6) is 5.75 Å². The van der Waals surface area contributed by atoms with Gasteiger partial charge in [0.05, 0.1) is 13.7 Å². The second-order valence-corrected chi connectivity index (χ2v) is 5.17. The van der Waals surface area contributed by atoms with Gasteiger partial charge < -0.3 is 19.7 Å². The fourth-order valence-corrected chi connectivity index (χ4v) is 2.13. The van der Waals surface area contributed by atoms with Gasteiger partial charge in [0.15, 0.2) is 0 Å². The highest BCUT2D eigenvalue weighted by molar-refractivity contribution is 5.33. The van der Waals surface area contributed by atoms with Crippen LogP contribution in [-0.4, -0.2) is 58.5 Å². The average molecular weight is 280 g/mol. The molecule has 0 saturated carbocycles. The van der Waals surface area contributed by atoms with E-state index in [1.165, 1.54) is 5.56 Å². The van der Waals surface area contributed by atoms with E-state index in [4.69, 9.17) is 9.47 Å². The Morgan fingerprint density at radius 2 is 1.95 bits per heavy atom. The molecule has 0 aliphatic rings. The molecule has 0 amide bonds. The van der Waals surface area contributed by atoms with E-state index < -0.39 is 0 Å². The molecule has 0 saturated heterocycles. The minimum Gasteiger partial charge on any atom is -0.496 e. The molecule has 114 valence electrons. The Hall–Kier alpha value is -1.10. The fourth-order valence-electron chi connectivity index (χ4n) is 2.13. The van der Waals surface area contributed by atoms with Gasteiger partial charge in [-0.2, -0.15) is 0 Å². The van der Waals surface area contributed by atoms with E-state index >= 15 is 0 Å². The van der Waals surface area contributed by atoms with Crippen molar-refractivity contribution in [3.05, 3.63) is 29.8 Å². The molecule has 0 radical (unpaired) electrons. The normalized spacial score (nSPS) is 12.7. The summed E-state index contributed by atoms with van der Waals surface area (Å²) in [4.78, 5) is 2.27. The first-order valence-corrected chi connectivity index (χ1v) is 7.20. The summed E-state index contributed by atoms with van der Waals surface area (Å²) < 4.78 is 10.5. The van der Waals surface area contributed by atoms with Gasteiger partial charge >= 0.3 is 0 Å². The molecule has 0 fully saturated rings. The molecule has 1 rings (SSSR count). The lowest BCUT2D eigenvalue weighted by molar-refractivity contribution is 0.161. The van der Waals surface area contributed by atoms with Crippen LogP contribution in [0.25, 0.3) is 0 Å². The number of likely N-dealkylation sites (N-methyl/N-ethyl adjacent to an activating group) is 1. The number of methoxy groups -OCH3 is 2. The summed E-state index contributed by atoms with van der Waals surface area (Å²) in [7, 11) is 5.58. The van der Waals surface area contributed by atoms with Gasteiger partial charge in [0.1, 0.15) is 5.75 Å². The number of nitrogens with zero attached hydrogens (tertiary/aromatic N) is 1. The Morgan fingerprint density at radius 1 is 1.20 bits per heavy atom. The number of rotatable bonds is 10. The Bertz CT molecular complexity index is 371. The SMILES string of the molecule is COCCN(C)CCNC(C)Cc1ccccc1OC. The molecule has 4 heteroatoms. The maximum absolute atomic E-state index is 5.38. The molecule has 0 bridgehead atoms. The van der Waals surface area contributed by atoms with Crippen LogP contribution in [0.1, 0.15) is 12.5 Å². The molecule has 0 aliphatic carbocycles. The van der Waals surface area contributed by atoms with E-state index in [9.17, 15) is 0 Å². The number of benzene rings is 1. The largest absolute Gasteiger partial charge is 0.496 e. The molecule has 0 aliphatic heterocycles. The van der Waals surface area contributed by atoms with Crippen molar-refractivity contribution in [3.63, 3.8) is 0 Å². The van der Waals surface area contributed by atoms with Gasteiger partial charge in [0.25, 0.3) is 0 Å². The van der Waals surface area contributed by atoms with Crippen LogP contribution in [0.2, 0.25) is 0 Å². The van der Waals surface area contributed by atoms with Crippen molar-refractivity contribution in [2.45, 2.75) is 19.4 Å². The van der Waals surface area contributed by atoms with Gasteiger partial charge in [0, 0.05) is 32.8 Å². The molecule has 0 aromatic heterocycles. The van der Waals surface area contributed by atoms with Crippen molar-refractivity contribution in [2.24, 2.45) is 0 Å². The van der Waals surface area contributed by atoms with Gasteiger partial charge in [-0.25, -0.2) is 0 Å². The zero-order valence-electron chi connectivity index (χ0n) is 13.2. The van der Waals surface area contributed by atoms with Crippen molar-refractivity contribution in [3.8, 4) is 5.75 Å². The van der Waals surface area contributed by atoms with Crippen molar-refractivity contribution < 1.29 is 9.47 Å². The van der Waals surface area contributed by atoms with Crippen LogP contribution in [0.15, 0.2) is 24.3 Å². The zero-order chi connectivity index (χ0) is 14.8. The lowest BCUT2D eigenvalue weighted by atomic mass is 10.1. The number of para-hydroxylation sites is 1. The van der Waals surface area contributed by atoms with Gasteiger partial charge in [-0.05, 0) is 32.0 Å². The maximum atomic E-state index is 5.38. The third-order valence-corrected chi connectivity index (χ3v) is 3.38. The standard InChI is InChI=1S/C16H28N2O2/c1-14(17-9-10-18(2)11-12-19-3)13-15-7-5-6-8-16(15)20-4/h5-8,14,17H,9-13H2,1-4H3. The van der Waals surface area contributed by atoms with Crippen molar-refractivity contribution in [1.29, 1.82) is 0 Å². The first-order valence-electron chi connectivity index (χ1n) is 7.20. The van der Waals surface area contributed by atoms with Crippen LogP contribution in [-0.2, 0) is 11.2 Å². The summed E-state index contributed by atoms with van der Waals surface area (Å²) >= 11 is 0. The van der Waals surface area contributed by atoms with Gasteiger partial charge in [-0.15, -0.1) is 0 Å². The third kappa shape index (κ3) is 6.37. The lowest BCUT2D eigenvalue weighted by Gasteiger charge is -2.19. The predicted molar refractivity (Wildman–Crippen MR) is 83.5 cm³/mol. The Balaban J connectivity index is 2.28. The molecule has 20 heavy (non-hydrogen) atoms. The number of hydrogen-bond donors (Lipinski definition) is 1. The first kappa shape index (κ1) is 17.0. The van der Waals surface area contributed by atoms with Crippen LogP contribution in [0.4, 0.5) is 0 Å². The highest BCUT2D eigenvalue weighted by Gasteiger charge is 2.07. The summed E-state index contributed by atoms with van der Waals surface area (Å²) in [5.41, 5.74) is 1.25.